The van der Waals surface area contributed by atoms with E-state index in [1.54, 1.807) is 0 Å². The molecule has 0 aromatic heterocycles. The lowest BCUT2D eigenvalue weighted by atomic mass is 9.87. The molecule has 0 unspecified atom stereocenters. The average molecular weight is 313 g/mol. The third kappa shape index (κ3) is 3.11. The summed E-state index contributed by atoms with van der Waals surface area (Å²) in [5.74, 6) is 0. The molecular weight excluding hydrogens is 292 g/mol. The van der Waals surface area contributed by atoms with Crippen molar-refractivity contribution in [2.24, 2.45) is 5.41 Å². The molecule has 0 amide bonds. The van der Waals surface area contributed by atoms with Gasteiger partial charge in [-0.1, -0.05) is 17.7 Å². The molecule has 3 rings (SSSR count). The largest absolute Gasteiger partial charge is 0.396 e. The van der Waals surface area contributed by atoms with E-state index in [0.717, 1.165) is 42.7 Å². The van der Waals surface area contributed by atoms with Gasteiger partial charge in [-0.3, -0.25) is 0 Å². The standard InChI is InChI=1S/C15H21ClN2O3/c16-12-2-1-3-13(14(12)18-4-6-20-7-5-18)17-8-15(9-19)10-21-11-15/h1-3,17,19H,4-11H2. The minimum Gasteiger partial charge on any atom is -0.396 e. The number of aliphatic hydroxyl groups is 1. The molecule has 0 atom stereocenters. The summed E-state index contributed by atoms with van der Waals surface area (Å²) < 4.78 is 10.6. The molecule has 5 nitrogen and oxygen atoms in total. The number of ether oxygens (including phenoxy) is 2. The van der Waals surface area contributed by atoms with Crippen molar-refractivity contribution in [3.63, 3.8) is 0 Å². The minimum absolute atomic E-state index is 0.132. The van der Waals surface area contributed by atoms with Gasteiger partial charge in [0, 0.05) is 19.6 Å². The van der Waals surface area contributed by atoms with Crippen LogP contribution in [0.25, 0.3) is 0 Å². The maximum Gasteiger partial charge on any atom is 0.0792 e. The van der Waals surface area contributed by atoms with Gasteiger partial charge in [-0.25, -0.2) is 0 Å². The van der Waals surface area contributed by atoms with Crippen molar-refractivity contribution >= 4 is 23.0 Å². The van der Waals surface area contributed by atoms with Gasteiger partial charge in [0.25, 0.3) is 0 Å². The first-order valence-electron chi connectivity index (χ1n) is 7.28. The Morgan fingerprint density at radius 2 is 2.00 bits per heavy atom. The van der Waals surface area contributed by atoms with Crippen LogP contribution < -0.4 is 10.2 Å². The summed E-state index contributed by atoms with van der Waals surface area (Å²) in [5, 5.41) is 13.7. The zero-order valence-electron chi connectivity index (χ0n) is 12.0. The fourth-order valence-electron chi connectivity index (χ4n) is 2.69. The van der Waals surface area contributed by atoms with Crippen LogP contribution in [0.15, 0.2) is 18.2 Å². The molecular formula is C15H21ClN2O3. The number of aliphatic hydroxyl groups excluding tert-OH is 1. The van der Waals surface area contributed by atoms with Crippen molar-refractivity contribution in [2.75, 3.05) is 62.9 Å². The van der Waals surface area contributed by atoms with E-state index in [-0.39, 0.29) is 12.0 Å². The Labute approximate surface area is 129 Å². The van der Waals surface area contributed by atoms with Gasteiger partial charge in [0.15, 0.2) is 0 Å². The number of para-hydroxylation sites is 1. The van der Waals surface area contributed by atoms with E-state index < -0.39 is 0 Å². The Balaban J connectivity index is 1.76. The smallest absolute Gasteiger partial charge is 0.0792 e. The fourth-order valence-corrected chi connectivity index (χ4v) is 2.98. The van der Waals surface area contributed by atoms with Crippen molar-refractivity contribution in [1.29, 1.82) is 0 Å². The highest BCUT2D eigenvalue weighted by molar-refractivity contribution is 6.34. The van der Waals surface area contributed by atoms with E-state index in [1.807, 2.05) is 18.2 Å². The van der Waals surface area contributed by atoms with Crippen molar-refractivity contribution < 1.29 is 14.6 Å². The number of hydrogen-bond donors (Lipinski definition) is 2. The molecule has 1 aromatic carbocycles. The summed E-state index contributed by atoms with van der Waals surface area (Å²) in [4.78, 5) is 2.25. The molecule has 2 N–H and O–H groups in total. The first-order valence-corrected chi connectivity index (χ1v) is 7.66. The molecule has 0 radical (unpaired) electrons. The van der Waals surface area contributed by atoms with Crippen LogP contribution in [-0.2, 0) is 9.47 Å². The zero-order valence-corrected chi connectivity index (χ0v) is 12.7. The van der Waals surface area contributed by atoms with E-state index in [9.17, 15) is 5.11 Å². The van der Waals surface area contributed by atoms with Crippen LogP contribution >= 0.6 is 11.6 Å². The first kappa shape index (κ1) is 14.9. The molecule has 6 heteroatoms. The number of halogens is 1. The van der Waals surface area contributed by atoms with Crippen LogP contribution in [0.2, 0.25) is 5.02 Å². The number of hydrogen-bond acceptors (Lipinski definition) is 5. The second-order valence-corrected chi connectivity index (χ2v) is 6.15. The second kappa shape index (κ2) is 6.40. The molecule has 2 heterocycles. The molecule has 0 saturated carbocycles. The molecule has 0 spiro atoms. The van der Waals surface area contributed by atoms with E-state index in [4.69, 9.17) is 21.1 Å². The van der Waals surface area contributed by atoms with Crippen LogP contribution in [0.1, 0.15) is 0 Å². The topological polar surface area (TPSA) is 54.0 Å². The Morgan fingerprint density at radius 1 is 1.24 bits per heavy atom. The lowest BCUT2D eigenvalue weighted by Crippen LogP contribution is -2.50. The highest BCUT2D eigenvalue weighted by Crippen LogP contribution is 2.36. The summed E-state index contributed by atoms with van der Waals surface area (Å²) in [6.45, 7) is 5.14. The highest BCUT2D eigenvalue weighted by atomic mass is 35.5. The Morgan fingerprint density at radius 3 is 2.62 bits per heavy atom. The number of morpholine rings is 1. The molecule has 2 aliphatic heterocycles. The molecule has 116 valence electrons. The summed E-state index contributed by atoms with van der Waals surface area (Å²) in [7, 11) is 0. The molecule has 2 fully saturated rings. The van der Waals surface area contributed by atoms with E-state index >= 15 is 0 Å². The lowest BCUT2D eigenvalue weighted by Gasteiger charge is -2.40. The summed E-state index contributed by atoms with van der Waals surface area (Å²) in [6, 6.07) is 5.88. The van der Waals surface area contributed by atoms with Crippen molar-refractivity contribution in [3.8, 4) is 0 Å². The summed E-state index contributed by atoms with van der Waals surface area (Å²) in [6.07, 6.45) is 0. The monoisotopic (exact) mass is 312 g/mol. The number of nitrogens with zero attached hydrogens (tertiary/aromatic N) is 1. The molecule has 0 aliphatic carbocycles. The minimum atomic E-state index is -0.162. The van der Waals surface area contributed by atoms with Crippen molar-refractivity contribution in [2.45, 2.75) is 0 Å². The Bertz CT molecular complexity index is 482. The fraction of sp³-hybridized carbons (Fsp3) is 0.600. The van der Waals surface area contributed by atoms with Crippen LogP contribution in [0.3, 0.4) is 0 Å². The second-order valence-electron chi connectivity index (χ2n) is 5.74. The molecule has 2 aliphatic rings. The Hall–Kier alpha value is -1.01. The van der Waals surface area contributed by atoms with Crippen LogP contribution in [0.4, 0.5) is 11.4 Å². The lowest BCUT2D eigenvalue weighted by molar-refractivity contribution is -0.128. The van der Waals surface area contributed by atoms with Gasteiger partial charge in [0.05, 0.1) is 54.8 Å². The number of benzene rings is 1. The van der Waals surface area contributed by atoms with Crippen LogP contribution in [0.5, 0.6) is 0 Å². The number of rotatable bonds is 5. The first-order chi connectivity index (χ1) is 10.2. The maximum absolute atomic E-state index is 9.51. The summed E-state index contributed by atoms with van der Waals surface area (Å²) >= 11 is 6.40. The van der Waals surface area contributed by atoms with Crippen molar-refractivity contribution in [3.05, 3.63) is 23.2 Å². The summed E-state index contributed by atoms with van der Waals surface area (Å²) in [5.41, 5.74) is 1.87. The predicted molar refractivity (Wildman–Crippen MR) is 83.3 cm³/mol. The molecule has 0 bridgehead atoms. The van der Waals surface area contributed by atoms with E-state index in [2.05, 4.69) is 10.2 Å². The average Bonchev–Trinajstić information content (AvgIpc) is 2.47. The third-order valence-corrected chi connectivity index (χ3v) is 4.42. The van der Waals surface area contributed by atoms with Gasteiger partial charge < -0.3 is 24.8 Å². The maximum atomic E-state index is 9.51. The molecule has 1 aromatic rings. The van der Waals surface area contributed by atoms with Crippen molar-refractivity contribution in [1.82, 2.24) is 0 Å². The highest BCUT2D eigenvalue weighted by Gasteiger charge is 2.38. The molecule has 2 saturated heterocycles. The van der Waals surface area contributed by atoms with Gasteiger partial charge in [-0.15, -0.1) is 0 Å². The van der Waals surface area contributed by atoms with Crippen LogP contribution in [0, 0.1) is 5.41 Å². The van der Waals surface area contributed by atoms with Gasteiger partial charge >= 0.3 is 0 Å². The van der Waals surface area contributed by atoms with Gasteiger partial charge in [-0.2, -0.15) is 0 Å². The zero-order chi connectivity index (χ0) is 14.7. The van der Waals surface area contributed by atoms with Gasteiger partial charge in [0.1, 0.15) is 0 Å². The quantitative estimate of drug-likeness (QED) is 0.865. The van der Waals surface area contributed by atoms with E-state index in [0.29, 0.717) is 19.8 Å². The SMILES string of the molecule is OCC1(CNc2cccc(Cl)c2N2CCOCC2)COC1. The van der Waals surface area contributed by atoms with Gasteiger partial charge in [0.2, 0.25) is 0 Å². The normalized spacial score (nSPS) is 21.0. The van der Waals surface area contributed by atoms with E-state index in [1.165, 1.54) is 0 Å². The predicted octanol–water partition coefficient (Wildman–Crippen LogP) is 1.60. The number of anilines is 2. The Kier molecular flexibility index (Phi) is 4.54. The third-order valence-electron chi connectivity index (χ3n) is 4.12. The molecule has 21 heavy (non-hydrogen) atoms. The number of nitrogens with one attached hydrogen (secondary N) is 1. The van der Waals surface area contributed by atoms with Crippen LogP contribution in [-0.4, -0.2) is 57.8 Å². The van der Waals surface area contributed by atoms with Gasteiger partial charge in [-0.05, 0) is 12.1 Å².